The summed E-state index contributed by atoms with van der Waals surface area (Å²) in [5, 5.41) is 13.8. The fraction of sp³-hybridized carbons (Fsp3) is 0.462. The molecule has 120 valence electrons. The van der Waals surface area contributed by atoms with Crippen LogP contribution in [-0.4, -0.2) is 50.0 Å². The van der Waals surface area contributed by atoms with E-state index in [1.165, 1.54) is 12.1 Å². The van der Waals surface area contributed by atoms with Crippen molar-refractivity contribution in [3.05, 3.63) is 28.3 Å². The number of nitro benzene ring substituents is 1. The van der Waals surface area contributed by atoms with Crippen LogP contribution in [0.4, 0.5) is 11.4 Å². The van der Waals surface area contributed by atoms with Crippen LogP contribution in [0, 0.1) is 10.1 Å². The number of hydrogen-bond acceptors (Lipinski definition) is 6. The molecule has 2 rings (SSSR count). The van der Waals surface area contributed by atoms with E-state index in [2.05, 4.69) is 5.32 Å². The Morgan fingerprint density at radius 3 is 2.55 bits per heavy atom. The number of anilines is 1. The molecule has 0 bridgehead atoms. The Morgan fingerprint density at radius 1 is 1.36 bits per heavy atom. The highest BCUT2D eigenvalue weighted by molar-refractivity contribution is 7.90. The molecular formula is C13H17N3O5S. The van der Waals surface area contributed by atoms with Crippen molar-refractivity contribution in [2.24, 2.45) is 0 Å². The number of hydrogen-bond donors (Lipinski definition) is 1. The van der Waals surface area contributed by atoms with Gasteiger partial charge < -0.3 is 10.2 Å². The highest BCUT2D eigenvalue weighted by Crippen LogP contribution is 2.27. The molecule has 1 aliphatic rings. The van der Waals surface area contributed by atoms with Gasteiger partial charge in [-0.1, -0.05) is 0 Å². The molecule has 1 fully saturated rings. The summed E-state index contributed by atoms with van der Waals surface area (Å²) in [6, 6.07) is 3.59. The Balaban J connectivity index is 2.16. The summed E-state index contributed by atoms with van der Waals surface area (Å²) in [6.45, 7) is 1.35. The molecule has 8 nitrogen and oxygen atoms in total. The molecule has 1 heterocycles. The second-order valence-electron chi connectivity index (χ2n) is 5.15. The fourth-order valence-electron chi connectivity index (χ4n) is 2.29. The number of amides is 1. The lowest BCUT2D eigenvalue weighted by atomic mass is 10.2. The molecule has 0 saturated carbocycles. The van der Waals surface area contributed by atoms with Gasteiger partial charge in [-0.25, -0.2) is 8.42 Å². The molecule has 9 heteroatoms. The van der Waals surface area contributed by atoms with Crippen LogP contribution in [0.5, 0.6) is 0 Å². The fourth-order valence-corrected chi connectivity index (χ4v) is 2.93. The van der Waals surface area contributed by atoms with Gasteiger partial charge in [0.1, 0.15) is 5.69 Å². The molecule has 1 saturated heterocycles. The lowest BCUT2D eigenvalue weighted by molar-refractivity contribution is -0.384. The van der Waals surface area contributed by atoms with Crippen molar-refractivity contribution in [3.8, 4) is 0 Å². The number of sulfone groups is 1. The van der Waals surface area contributed by atoms with E-state index in [4.69, 9.17) is 0 Å². The summed E-state index contributed by atoms with van der Waals surface area (Å²) in [7, 11) is -3.53. The monoisotopic (exact) mass is 327 g/mol. The van der Waals surface area contributed by atoms with Gasteiger partial charge in [-0.3, -0.25) is 14.9 Å². The van der Waals surface area contributed by atoms with Crippen molar-refractivity contribution in [2.45, 2.75) is 17.7 Å². The predicted molar refractivity (Wildman–Crippen MR) is 80.5 cm³/mol. The molecule has 22 heavy (non-hydrogen) atoms. The molecule has 0 unspecified atom stereocenters. The molecule has 0 atom stereocenters. The van der Waals surface area contributed by atoms with Crippen molar-refractivity contribution in [1.82, 2.24) is 4.90 Å². The summed E-state index contributed by atoms with van der Waals surface area (Å²) in [4.78, 5) is 23.9. The van der Waals surface area contributed by atoms with Crippen LogP contribution in [0.15, 0.2) is 23.1 Å². The molecule has 1 aromatic rings. The van der Waals surface area contributed by atoms with Crippen LogP contribution in [0.25, 0.3) is 0 Å². The van der Waals surface area contributed by atoms with Gasteiger partial charge in [-0.15, -0.1) is 0 Å². The van der Waals surface area contributed by atoms with Gasteiger partial charge in [-0.05, 0) is 25.0 Å². The van der Waals surface area contributed by atoms with Crippen LogP contribution < -0.4 is 5.32 Å². The number of nitro groups is 1. The molecule has 0 spiro atoms. The van der Waals surface area contributed by atoms with Gasteiger partial charge in [0.05, 0.1) is 16.4 Å². The first-order valence-electron chi connectivity index (χ1n) is 6.79. The van der Waals surface area contributed by atoms with Gasteiger partial charge in [0.15, 0.2) is 9.84 Å². The SMILES string of the molecule is CS(=O)(=O)c1ccc(NCC(=O)N2CCCC2)c([N+](=O)[O-])c1. The first kappa shape index (κ1) is 16.2. The van der Waals surface area contributed by atoms with Gasteiger partial charge in [-0.2, -0.15) is 0 Å². The summed E-state index contributed by atoms with van der Waals surface area (Å²) in [5.41, 5.74) is -0.234. The number of carbonyl (C=O) groups is 1. The number of nitrogens with zero attached hydrogens (tertiary/aromatic N) is 2. The van der Waals surface area contributed by atoms with E-state index >= 15 is 0 Å². The van der Waals surface area contributed by atoms with Crippen molar-refractivity contribution < 1.29 is 18.1 Å². The number of rotatable bonds is 5. The first-order valence-corrected chi connectivity index (χ1v) is 8.68. The smallest absolute Gasteiger partial charge is 0.293 e. The van der Waals surface area contributed by atoms with Gasteiger partial charge in [0.2, 0.25) is 5.91 Å². The third kappa shape index (κ3) is 3.73. The first-order chi connectivity index (χ1) is 10.3. The van der Waals surface area contributed by atoms with Crippen LogP contribution >= 0.6 is 0 Å². The van der Waals surface area contributed by atoms with Gasteiger partial charge >= 0.3 is 0 Å². The topological polar surface area (TPSA) is 110 Å². The van der Waals surface area contributed by atoms with E-state index in [1.54, 1.807) is 4.90 Å². The molecule has 1 aromatic carbocycles. The van der Waals surface area contributed by atoms with Crippen LogP contribution in [0.3, 0.4) is 0 Å². The highest BCUT2D eigenvalue weighted by Gasteiger charge is 2.21. The maximum absolute atomic E-state index is 11.9. The average molecular weight is 327 g/mol. The van der Waals surface area contributed by atoms with Gasteiger partial charge in [0, 0.05) is 25.4 Å². The molecule has 0 radical (unpaired) electrons. The molecule has 0 aromatic heterocycles. The van der Waals surface area contributed by atoms with Crippen molar-refractivity contribution in [2.75, 3.05) is 31.2 Å². The minimum Gasteiger partial charge on any atom is -0.371 e. The van der Waals surface area contributed by atoms with Crippen molar-refractivity contribution >= 4 is 27.1 Å². The lowest BCUT2D eigenvalue weighted by Gasteiger charge is -2.16. The van der Waals surface area contributed by atoms with Crippen LogP contribution in [-0.2, 0) is 14.6 Å². The zero-order chi connectivity index (χ0) is 16.3. The minimum absolute atomic E-state index is 0.0565. The standard InChI is InChI=1S/C13H17N3O5S/c1-22(20,21)10-4-5-11(12(8-10)16(18)19)14-9-13(17)15-6-2-3-7-15/h4-5,8,14H,2-3,6-7,9H2,1H3. The summed E-state index contributed by atoms with van der Waals surface area (Å²) in [6.07, 6.45) is 2.92. The second kappa shape index (κ2) is 6.30. The average Bonchev–Trinajstić information content (AvgIpc) is 2.97. The summed E-state index contributed by atoms with van der Waals surface area (Å²) < 4.78 is 22.9. The Hall–Kier alpha value is -2.16. The van der Waals surface area contributed by atoms with Gasteiger partial charge in [0.25, 0.3) is 5.69 Å². The second-order valence-corrected chi connectivity index (χ2v) is 7.17. The molecule has 0 aliphatic carbocycles. The maximum Gasteiger partial charge on any atom is 0.293 e. The number of nitrogens with one attached hydrogen (secondary N) is 1. The zero-order valence-electron chi connectivity index (χ0n) is 12.1. The van der Waals surface area contributed by atoms with E-state index in [1.807, 2.05) is 0 Å². The van der Waals surface area contributed by atoms with Crippen molar-refractivity contribution in [1.29, 1.82) is 0 Å². The van der Waals surface area contributed by atoms with Crippen LogP contribution in [0.1, 0.15) is 12.8 Å². The predicted octanol–water partition coefficient (Wildman–Crippen LogP) is 1.03. The van der Waals surface area contributed by atoms with Crippen molar-refractivity contribution in [3.63, 3.8) is 0 Å². The third-order valence-electron chi connectivity index (χ3n) is 3.48. The maximum atomic E-state index is 11.9. The Morgan fingerprint density at radius 2 is 2.00 bits per heavy atom. The summed E-state index contributed by atoms with van der Waals surface area (Å²) in [5.74, 6) is -0.126. The number of benzene rings is 1. The zero-order valence-corrected chi connectivity index (χ0v) is 12.9. The van der Waals surface area contributed by atoms with Crippen LogP contribution in [0.2, 0.25) is 0 Å². The summed E-state index contributed by atoms with van der Waals surface area (Å²) >= 11 is 0. The molecular weight excluding hydrogens is 310 g/mol. The van der Waals surface area contributed by atoms with E-state index in [-0.39, 0.29) is 28.7 Å². The van der Waals surface area contributed by atoms with E-state index in [0.29, 0.717) is 13.1 Å². The number of carbonyl (C=O) groups excluding carboxylic acids is 1. The molecule has 1 amide bonds. The quantitative estimate of drug-likeness (QED) is 0.639. The lowest BCUT2D eigenvalue weighted by Crippen LogP contribution is -2.33. The molecule has 1 N–H and O–H groups in total. The normalized spacial score (nSPS) is 14.9. The largest absolute Gasteiger partial charge is 0.371 e. The highest BCUT2D eigenvalue weighted by atomic mass is 32.2. The molecule has 1 aliphatic heterocycles. The van der Waals surface area contributed by atoms with E-state index in [9.17, 15) is 23.3 Å². The third-order valence-corrected chi connectivity index (χ3v) is 4.59. The van der Waals surface area contributed by atoms with E-state index in [0.717, 1.165) is 25.2 Å². The minimum atomic E-state index is -3.53. The Bertz CT molecular complexity index is 696. The van der Waals surface area contributed by atoms with E-state index < -0.39 is 14.8 Å². The Kier molecular flexibility index (Phi) is 4.65. The Labute approximate surface area is 128 Å². The number of likely N-dealkylation sites (tertiary alicyclic amines) is 1.